The average molecular weight is 332 g/mol. The number of amides is 1. The summed E-state index contributed by atoms with van der Waals surface area (Å²) < 4.78 is 4.71. The van der Waals surface area contributed by atoms with Gasteiger partial charge in [-0.15, -0.1) is 0 Å². The van der Waals surface area contributed by atoms with Gasteiger partial charge in [0.15, 0.2) is 0 Å². The monoisotopic (exact) mass is 331 g/mol. The lowest BCUT2D eigenvalue weighted by molar-refractivity contribution is -0.141. The fourth-order valence-corrected chi connectivity index (χ4v) is 2.54. The van der Waals surface area contributed by atoms with Crippen LogP contribution in [0.25, 0.3) is 0 Å². The minimum Gasteiger partial charge on any atom is -0.469 e. The highest BCUT2D eigenvalue weighted by Crippen LogP contribution is 2.25. The molecule has 23 heavy (non-hydrogen) atoms. The fourth-order valence-electron chi connectivity index (χ4n) is 2.27. The van der Waals surface area contributed by atoms with Gasteiger partial charge in [-0.2, -0.15) is 0 Å². The van der Waals surface area contributed by atoms with Crippen molar-refractivity contribution in [2.24, 2.45) is 0 Å². The number of nitrogens with one attached hydrogen (secondary N) is 1. The smallest absolute Gasteiger partial charge is 0.307 e. The molecule has 0 aliphatic rings. The van der Waals surface area contributed by atoms with E-state index < -0.39 is 12.0 Å². The van der Waals surface area contributed by atoms with E-state index in [1.54, 1.807) is 18.2 Å². The van der Waals surface area contributed by atoms with Gasteiger partial charge in [0.2, 0.25) is 5.91 Å². The molecule has 5 heteroatoms. The number of hydrogen-bond donors (Lipinski definition) is 1. The molecule has 0 saturated heterocycles. The number of carbonyl (C=O) groups excluding carboxylic acids is 2. The highest BCUT2D eigenvalue weighted by molar-refractivity contribution is 6.31. The van der Waals surface area contributed by atoms with E-state index in [0.717, 1.165) is 5.56 Å². The zero-order valence-corrected chi connectivity index (χ0v) is 13.5. The topological polar surface area (TPSA) is 55.4 Å². The Kier molecular flexibility index (Phi) is 6.18. The second kappa shape index (κ2) is 8.34. The molecular formula is C18H18ClNO3. The molecule has 0 bridgehead atoms. The molecule has 1 N–H and O–H groups in total. The van der Waals surface area contributed by atoms with Crippen LogP contribution in [0.5, 0.6) is 0 Å². The van der Waals surface area contributed by atoms with E-state index in [1.807, 2.05) is 36.4 Å². The van der Waals surface area contributed by atoms with Crippen LogP contribution in [0.15, 0.2) is 54.6 Å². The molecule has 1 atom stereocenters. The second-order valence-electron chi connectivity index (χ2n) is 5.08. The van der Waals surface area contributed by atoms with Gasteiger partial charge in [-0.05, 0) is 17.2 Å². The Morgan fingerprint density at radius 3 is 2.39 bits per heavy atom. The SMILES string of the molecule is COC(=O)C[C@H](NC(=O)Cc1ccccc1)c1ccccc1Cl. The summed E-state index contributed by atoms with van der Waals surface area (Å²) in [5, 5.41) is 3.36. The van der Waals surface area contributed by atoms with Crippen molar-refractivity contribution in [1.29, 1.82) is 0 Å². The van der Waals surface area contributed by atoms with Crippen molar-refractivity contribution < 1.29 is 14.3 Å². The molecule has 0 aromatic heterocycles. The quantitative estimate of drug-likeness (QED) is 0.826. The first kappa shape index (κ1) is 17.0. The van der Waals surface area contributed by atoms with Crippen LogP contribution in [0.3, 0.4) is 0 Å². The molecule has 0 aliphatic carbocycles. The van der Waals surface area contributed by atoms with Crippen molar-refractivity contribution in [3.63, 3.8) is 0 Å². The fraction of sp³-hybridized carbons (Fsp3) is 0.222. The Morgan fingerprint density at radius 2 is 1.74 bits per heavy atom. The summed E-state index contributed by atoms with van der Waals surface area (Å²) in [6.45, 7) is 0. The lowest BCUT2D eigenvalue weighted by atomic mass is 10.0. The highest BCUT2D eigenvalue weighted by Gasteiger charge is 2.21. The van der Waals surface area contributed by atoms with Gasteiger partial charge in [-0.1, -0.05) is 60.1 Å². The predicted molar refractivity (Wildman–Crippen MR) is 89.1 cm³/mol. The van der Waals surface area contributed by atoms with E-state index in [4.69, 9.17) is 16.3 Å². The number of esters is 1. The van der Waals surface area contributed by atoms with Gasteiger partial charge in [0, 0.05) is 5.02 Å². The Labute approximate surface area is 140 Å². The molecule has 1 amide bonds. The third-order valence-corrected chi connectivity index (χ3v) is 3.77. The third-order valence-electron chi connectivity index (χ3n) is 3.42. The van der Waals surface area contributed by atoms with Crippen molar-refractivity contribution in [3.05, 3.63) is 70.7 Å². The summed E-state index contributed by atoms with van der Waals surface area (Å²) in [4.78, 5) is 23.9. The van der Waals surface area contributed by atoms with Crippen LogP contribution < -0.4 is 5.32 Å². The van der Waals surface area contributed by atoms with Gasteiger partial charge in [-0.25, -0.2) is 0 Å². The summed E-state index contributed by atoms with van der Waals surface area (Å²) in [5.41, 5.74) is 1.60. The summed E-state index contributed by atoms with van der Waals surface area (Å²) in [6, 6.07) is 16.0. The van der Waals surface area contributed by atoms with Crippen LogP contribution in [-0.2, 0) is 20.7 Å². The molecule has 0 aliphatic heterocycles. The molecular weight excluding hydrogens is 314 g/mol. The molecule has 0 unspecified atom stereocenters. The number of halogens is 1. The van der Waals surface area contributed by atoms with Crippen molar-refractivity contribution in [1.82, 2.24) is 5.32 Å². The number of benzene rings is 2. The first-order valence-corrected chi connectivity index (χ1v) is 7.62. The summed E-state index contributed by atoms with van der Waals surface area (Å²) in [6.07, 6.45) is 0.268. The zero-order valence-electron chi connectivity index (χ0n) is 12.8. The lowest BCUT2D eigenvalue weighted by Gasteiger charge is -2.19. The van der Waals surface area contributed by atoms with Crippen molar-refractivity contribution in [2.45, 2.75) is 18.9 Å². The highest BCUT2D eigenvalue weighted by atomic mass is 35.5. The first-order chi connectivity index (χ1) is 11.1. The summed E-state index contributed by atoms with van der Waals surface area (Å²) in [7, 11) is 1.32. The molecule has 2 aromatic rings. The lowest BCUT2D eigenvalue weighted by Crippen LogP contribution is -2.31. The average Bonchev–Trinajstić information content (AvgIpc) is 2.55. The molecule has 2 rings (SSSR count). The van der Waals surface area contributed by atoms with Crippen LogP contribution in [0.1, 0.15) is 23.6 Å². The van der Waals surface area contributed by atoms with Gasteiger partial charge in [0.05, 0.1) is 26.0 Å². The van der Waals surface area contributed by atoms with Crippen molar-refractivity contribution >= 4 is 23.5 Å². The van der Waals surface area contributed by atoms with Crippen molar-refractivity contribution in [3.8, 4) is 0 Å². The Balaban J connectivity index is 2.13. The Hall–Kier alpha value is -2.33. The third kappa shape index (κ3) is 5.11. The molecule has 4 nitrogen and oxygen atoms in total. The number of hydrogen-bond acceptors (Lipinski definition) is 3. The van der Waals surface area contributed by atoms with Gasteiger partial charge in [0.25, 0.3) is 0 Å². The summed E-state index contributed by atoms with van der Waals surface area (Å²) >= 11 is 6.19. The van der Waals surface area contributed by atoms with Gasteiger partial charge in [-0.3, -0.25) is 9.59 Å². The number of methoxy groups -OCH3 is 1. The van der Waals surface area contributed by atoms with Gasteiger partial charge in [0.1, 0.15) is 0 Å². The van der Waals surface area contributed by atoms with Crippen LogP contribution >= 0.6 is 11.6 Å². The molecule has 2 aromatic carbocycles. The second-order valence-corrected chi connectivity index (χ2v) is 5.49. The van der Waals surface area contributed by atoms with Gasteiger partial charge < -0.3 is 10.1 Å². The molecule has 120 valence electrons. The number of rotatable bonds is 6. The van der Waals surface area contributed by atoms with Crippen LogP contribution in [0.2, 0.25) is 5.02 Å². The minimum atomic E-state index is -0.521. The van der Waals surface area contributed by atoms with E-state index in [-0.39, 0.29) is 18.7 Å². The largest absolute Gasteiger partial charge is 0.469 e. The van der Waals surface area contributed by atoms with E-state index in [2.05, 4.69) is 5.32 Å². The number of ether oxygens (including phenoxy) is 1. The van der Waals surface area contributed by atoms with E-state index in [9.17, 15) is 9.59 Å². The predicted octanol–water partition coefficient (Wildman–Crippen LogP) is 3.30. The van der Waals surface area contributed by atoms with Gasteiger partial charge >= 0.3 is 5.97 Å². The summed E-state index contributed by atoms with van der Waals surface area (Å²) in [5.74, 6) is -0.583. The molecule has 0 fully saturated rings. The zero-order chi connectivity index (χ0) is 16.7. The maximum atomic E-state index is 12.3. The molecule has 0 heterocycles. The molecule has 0 radical (unpaired) electrons. The molecule has 0 spiro atoms. The van der Waals surface area contributed by atoms with Crippen LogP contribution in [0, 0.1) is 0 Å². The minimum absolute atomic E-state index is 0.0285. The van der Waals surface area contributed by atoms with Crippen molar-refractivity contribution in [2.75, 3.05) is 7.11 Å². The number of carbonyl (C=O) groups is 2. The van der Waals surface area contributed by atoms with Crippen LogP contribution in [-0.4, -0.2) is 19.0 Å². The maximum Gasteiger partial charge on any atom is 0.307 e. The van der Waals surface area contributed by atoms with E-state index in [0.29, 0.717) is 10.6 Å². The normalized spacial score (nSPS) is 11.6. The molecule has 0 saturated carbocycles. The standard InChI is InChI=1S/C18H18ClNO3/c1-23-18(22)12-16(14-9-5-6-10-15(14)19)20-17(21)11-13-7-3-2-4-8-13/h2-10,16H,11-12H2,1H3,(H,20,21)/t16-/m0/s1. The Morgan fingerprint density at radius 1 is 1.09 bits per heavy atom. The maximum absolute atomic E-state index is 12.3. The van der Waals surface area contributed by atoms with E-state index >= 15 is 0 Å². The van der Waals surface area contributed by atoms with Crippen LogP contribution in [0.4, 0.5) is 0 Å². The Bertz CT molecular complexity index is 673. The first-order valence-electron chi connectivity index (χ1n) is 7.24. The van der Waals surface area contributed by atoms with E-state index in [1.165, 1.54) is 7.11 Å².